The van der Waals surface area contributed by atoms with Gasteiger partial charge in [-0.15, -0.1) is 0 Å². The van der Waals surface area contributed by atoms with Crippen LogP contribution in [0.2, 0.25) is 0 Å². The SMILES string of the molecule is Cn1ccc(C(=O)Nc2cnc(Br)cn2)cc1=O. The molecule has 0 aliphatic rings. The van der Waals surface area contributed by atoms with E-state index >= 15 is 0 Å². The Balaban J connectivity index is 2.19. The molecule has 0 bridgehead atoms. The number of hydrogen-bond donors (Lipinski definition) is 1. The average Bonchev–Trinajstić information content (AvgIpc) is 2.35. The number of aryl methyl sites for hydroxylation is 1. The van der Waals surface area contributed by atoms with Crippen molar-refractivity contribution in [3.63, 3.8) is 0 Å². The second-order valence-electron chi connectivity index (χ2n) is 3.54. The van der Waals surface area contributed by atoms with Crippen LogP contribution in [0.25, 0.3) is 0 Å². The third-order valence-corrected chi connectivity index (χ3v) is 2.64. The molecule has 0 atom stereocenters. The first-order valence-corrected chi connectivity index (χ1v) is 5.81. The van der Waals surface area contributed by atoms with Crippen molar-refractivity contribution in [3.8, 4) is 0 Å². The van der Waals surface area contributed by atoms with Crippen LogP contribution in [0.3, 0.4) is 0 Å². The Morgan fingerprint density at radius 3 is 2.78 bits per heavy atom. The van der Waals surface area contributed by atoms with Crippen molar-refractivity contribution >= 4 is 27.7 Å². The highest BCUT2D eigenvalue weighted by Gasteiger charge is 2.08. The maximum Gasteiger partial charge on any atom is 0.257 e. The highest BCUT2D eigenvalue weighted by molar-refractivity contribution is 9.10. The van der Waals surface area contributed by atoms with Gasteiger partial charge in [0.15, 0.2) is 5.82 Å². The summed E-state index contributed by atoms with van der Waals surface area (Å²) >= 11 is 3.14. The van der Waals surface area contributed by atoms with Gasteiger partial charge in [0.1, 0.15) is 4.60 Å². The first-order chi connectivity index (χ1) is 8.56. The Morgan fingerprint density at radius 2 is 2.17 bits per heavy atom. The number of rotatable bonds is 2. The molecule has 0 aliphatic heterocycles. The van der Waals surface area contributed by atoms with E-state index in [0.29, 0.717) is 10.4 Å². The second-order valence-corrected chi connectivity index (χ2v) is 4.36. The highest BCUT2D eigenvalue weighted by Crippen LogP contribution is 2.07. The molecule has 0 unspecified atom stereocenters. The zero-order chi connectivity index (χ0) is 13.1. The predicted molar refractivity (Wildman–Crippen MR) is 69.4 cm³/mol. The zero-order valence-electron chi connectivity index (χ0n) is 9.42. The molecule has 18 heavy (non-hydrogen) atoms. The number of carbonyl (C=O) groups excluding carboxylic acids is 1. The van der Waals surface area contributed by atoms with Crippen molar-refractivity contribution in [1.82, 2.24) is 14.5 Å². The molecule has 1 amide bonds. The summed E-state index contributed by atoms with van der Waals surface area (Å²) in [5, 5.41) is 2.55. The van der Waals surface area contributed by atoms with Gasteiger partial charge in [-0.05, 0) is 22.0 Å². The molecule has 1 N–H and O–H groups in total. The molecule has 6 nitrogen and oxygen atoms in total. The Morgan fingerprint density at radius 1 is 1.39 bits per heavy atom. The summed E-state index contributed by atoms with van der Waals surface area (Å²) in [4.78, 5) is 31.1. The molecule has 0 saturated carbocycles. The van der Waals surface area contributed by atoms with Gasteiger partial charge in [0.05, 0.1) is 12.4 Å². The van der Waals surface area contributed by atoms with Crippen LogP contribution in [-0.4, -0.2) is 20.4 Å². The molecular weight excluding hydrogens is 300 g/mol. The minimum absolute atomic E-state index is 0.246. The van der Waals surface area contributed by atoms with Crippen LogP contribution in [0.15, 0.2) is 40.1 Å². The van der Waals surface area contributed by atoms with Crippen LogP contribution in [0, 0.1) is 0 Å². The topological polar surface area (TPSA) is 76.9 Å². The number of halogens is 1. The maximum absolute atomic E-state index is 11.8. The fraction of sp³-hybridized carbons (Fsp3) is 0.0909. The first-order valence-electron chi connectivity index (χ1n) is 5.02. The van der Waals surface area contributed by atoms with Gasteiger partial charge in [0.2, 0.25) is 0 Å². The Labute approximate surface area is 111 Å². The van der Waals surface area contributed by atoms with E-state index in [-0.39, 0.29) is 11.1 Å². The standard InChI is InChI=1S/C11H9BrN4O2/c1-16-3-2-7(4-10(16)17)11(18)15-9-6-13-8(12)5-14-9/h2-6H,1H3,(H,14,15,18). The number of amides is 1. The molecule has 0 saturated heterocycles. The van der Waals surface area contributed by atoms with E-state index in [1.807, 2.05) is 0 Å². The first kappa shape index (κ1) is 12.4. The van der Waals surface area contributed by atoms with Gasteiger partial charge in [0, 0.05) is 24.9 Å². The fourth-order valence-electron chi connectivity index (χ4n) is 1.26. The lowest BCUT2D eigenvalue weighted by Crippen LogP contribution is -2.20. The van der Waals surface area contributed by atoms with Gasteiger partial charge in [0.25, 0.3) is 11.5 Å². The van der Waals surface area contributed by atoms with E-state index in [2.05, 4.69) is 31.2 Å². The summed E-state index contributed by atoms with van der Waals surface area (Å²) in [5.74, 6) is -0.0757. The number of carbonyl (C=O) groups is 1. The zero-order valence-corrected chi connectivity index (χ0v) is 11.0. The third kappa shape index (κ3) is 2.80. The lowest BCUT2D eigenvalue weighted by atomic mass is 10.2. The number of anilines is 1. The average molecular weight is 309 g/mol. The van der Waals surface area contributed by atoms with Crippen LogP contribution >= 0.6 is 15.9 Å². The van der Waals surface area contributed by atoms with Crippen LogP contribution < -0.4 is 10.9 Å². The number of pyridine rings is 1. The van der Waals surface area contributed by atoms with Gasteiger partial charge >= 0.3 is 0 Å². The largest absolute Gasteiger partial charge is 0.319 e. The van der Waals surface area contributed by atoms with E-state index < -0.39 is 5.91 Å². The summed E-state index contributed by atoms with van der Waals surface area (Å²) in [5.41, 5.74) is 0.0346. The van der Waals surface area contributed by atoms with E-state index in [1.54, 1.807) is 13.1 Å². The van der Waals surface area contributed by atoms with Crippen molar-refractivity contribution in [2.45, 2.75) is 0 Å². The smallest absolute Gasteiger partial charge is 0.257 e. The minimum Gasteiger partial charge on any atom is -0.319 e. The lowest BCUT2D eigenvalue weighted by Gasteiger charge is -2.04. The summed E-state index contributed by atoms with van der Waals surface area (Å²) in [6, 6.07) is 2.82. The molecule has 0 aliphatic carbocycles. The van der Waals surface area contributed by atoms with Crippen LogP contribution in [0.1, 0.15) is 10.4 Å². The predicted octanol–water partition coefficient (Wildman–Crippen LogP) is 1.19. The van der Waals surface area contributed by atoms with E-state index in [0.717, 1.165) is 0 Å². The minimum atomic E-state index is -0.399. The summed E-state index contributed by atoms with van der Waals surface area (Å²) in [6.07, 6.45) is 4.42. The monoisotopic (exact) mass is 308 g/mol. The lowest BCUT2D eigenvalue weighted by molar-refractivity contribution is 0.102. The van der Waals surface area contributed by atoms with Gasteiger partial charge in [-0.25, -0.2) is 9.97 Å². The van der Waals surface area contributed by atoms with Crippen molar-refractivity contribution in [1.29, 1.82) is 0 Å². The number of nitrogens with zero attached hydrogens (tertiary/aromatic N) is 3. The summed E-state index contributed by atoms with van der Waals surface area (Å²) in [6.45, 7) is 0. The fourth-order valence-corrected chi connectivity index (χ4v) is 1.46. The summed E-state index contributed by atoms with van der Waals surface area (Å²) in [7, 11) is 1.62. The molecule has 0 fully saturated rings. The van der Waals surface area contributed by atoms with E-state index in [9.17, 15) is 9.59 Å². The van der Waals surface area contributed by atoms with Crippen molar-refractivity contribution in [2.75, 3.05) is 5.32 Å². The van der Waals surface area contributed by atoms with Crippen LogP contribution in [-0.2, 0) is 7.05 Å². The van der Waals surface area contributed by atoms with Gasteiger partial charge in [-0.3, -0.25) is 9.59 Å². The van der Waals surface area contributed by atoms with E-state index in [1.165, 1.54) is 29.2 Å². The number of hydrogen-bond acceptors (Lipinski definition) is 4. The molecule has 2 rings (SSSR count). The van der Waals surface area contributed by atoms with Crippen LogP contribution in [0.4, 0.5) is 5.82 Å². The Bertz CT molecular complexity index is 636. The van der Waals surface area contributed by atoms with Gasteiger partial charge in [-0.1, -0.05) is 0 Å². The highest BCUT2D eigenvalue weighted by atomic mass is 79.9. The number of aromatic nitrogens is 3. The maximum atomic E-state index is 11.8. The van der Waals surface area contributed by atoms with Gasteiger partial charge < -0.3 is 9.88 Å². The van der Waals surface area contributed by atoms with Gasteiger partial charge in [-0.2, -0.15) is 0 Å². The molecule has 2 heterocycles. The molecule has 0 aromatic carbocycles. The molecule has 2 aromatic rings. The third-order valence-electron chi connectivity index (χ3n) is 2.23. The molecule has 92 valence electrons. The molecule has 7 heteroatoms. The van der Waals surface area contributed by atoms with E-state index in [4.69, 9.17) is 0 Å². The molecule has 2 aromatic heterocycles. The van der Waals surface area contributed by atoms with Crippen LogP contribution in [0.5, 0.6) is 0 Å². The quantitative estimate of drug-likeness (QED) is 0.904. The molecule has 0 spiro atoms. The van der Waals surface area contributed by atoms with Crippen molar-refractivity contribution in [2.24, 2.45) is 7.05 Å². The second kappa shape index (κ2) is 5.09. The Kier molecular flexibility index (Phi) is 3.52. The summed E-state index contributed by atoms with van der Waals surface area (Å²) < 4.78 is 1.96. The Hall–Kier alpha value is -2.02. The van der Waals surface area contributed by atoms with Crippen molar-refractivity contribution < 1.29 is 4.79 Å². The molecule has 0 radical (unpaired) electrons. The normalized spacial score (nSPS) is 10.1. The molecular formula is C11H9BrN4O2. The number of nitrogens with one attached hydrogen (secondary N) is 1. The van der Waals surface area contributed by atoms with Crippen molar-refractivity contribution in [3.05, 3.63) is 51.2 Å².